The average molecular weight is 213 g/mol. The Morgan fingerprint density at radius 1 is 1.67 bits per heavy atom. The van der Waals surface area contributed by atoms with Crippen LogP contribution in [0.1, 0.15) is 26.7 Å². The Morgan fingerprint density at radius 3 is 2.80 bits per heavy atom. The second kappa shape index (κ2) is 8.20. The minimum Gasteiger partial charge on any atom is -0.351 e. The van der Waals surface area contributed by atoms with E-state index in [0.29, 0.717) is 6.42 Å². The second-order valence-corrected chi connectivity index (χ2v) is 3.10. The van der Waals surface area contributed by atoms with Crippen LogP contribution in [-0.2, 0) is 9.53 Å². The molecule has 0 aliphatic carbocycles. The molecule has 0 aromatic heterocycles. The molecule has 0 aromatic carbocycles. The molecule has 15 heavy (non-hydrogen) atoms. The smallest absolute Gasteiger partial charge is 0.235 e. The molecule has 0 saturated carbocycles. The van der Waals surface area contributed by atoms with Gasteiger partial charge in [-0.2, -0.15) is 0 Å². The van der Waals surface area contributed by atoms with Crippen molar-refractivity contribution in [2.75, 3.05) is 6.61 Å². The number of aliphatic hydroxyl groups is 1. The quantitative estimate of drug-likeness (QED) is 0.471. The Bertz CT molecular complexity index is 236. The zero-order chi connectivity index (χ0) is 11.7. The lowest BCUT2D eigenvalue weighted by Crippen LogP contribution is -2.31. The molecule has 1 unspecified atom stereocenters. The van der Waals surface area contributed by atoms with Gasteiger partial charge in [0.15, 0.2) is 0 Å². The van der Waals surface area contributed by atoms with E-state index < -0.39 is 6.41 Å². The SMILES string of the molecule is C=C/C=C(\CC)NC(O)OCCC(C)=O. The van der Waals surface area contributed by atoms with Gasteiger partial charge in [0.25, 0.3) is 0 Å². The Balaban J connectivity index is 3.80. The van der Waals surface area contributed by atoms with Gasteiger partial charge < -0.3 is 15.2 Å². The van der Waals surface area contributed by atoms with Gasteiger partial charge in [-0.3, -0.25) is 4.79 Å². The van der Waals surface area contributed by atoms with Crippen molar-refractivity contribution in [3.05, 3.63) is 24.4 Å². The van der Waals surface area contributed by atoms with E-state index in [4.69, 9.17) is 4.74 Å². The highest BCUT2D eigenvalue weighted by Crippen LogP contribution is 1.98. The van der Waals surface area contributed by atoms with Crippen molar-refractivity contribution >= 4 is 5.78 Å². The third kappa shape index (κ3) is 7.90. The van der Waals surface area contributed by atoms with Gasteiger partial charge in [0, 0.05) is 12.1 Å². The normalized spacial score (nSPS) is 13.4. The van der Waals surface area contributed by atoms with Crippen LogP contribution in [0.4, 0.5) is 0 Å². The van der Waals surface area contributed by atoms with Gasteiger partial charge in [-0.05, 0) is 19.4 Å². The van der Waals surface area contributed by atoms with Crippen molar-refractivity contribution in [3.63, 3.8) is 0 Å². The Hall–Kier alpha value is -1.13. The average Bonchev–Trinajstić information content (AvgIpc) is 2.16. The Kier molecular flexibility index (Phi) is 7.58. The van der Waals surface area contributed by atoms with E-state index in [0.717, 1.165) is 12.1 Å². The summed E-state index contributed by atoms with van der Waals surface area (Å²) in [6, 6.07) is 0. The molecule has 4 nitrogen and oxygen atoms in total. The van der Waals surface area contributed by atoms with E-state index in [9.17, 15) is 9.90 Å². The fourth-order valence-electron chi connectivity index (χ4n) is 0.925. The number of allylic oxidation sites excluding steroid dienone is 3. The highest BCUT2D eigenvalue weighted by molar-refractivity contribution is 5.75. The monoisotopic (exact) mass is 213 g/mol. The molecule has 0 saturated heterocycles. The zero-order valence-corrected chi connectivity index (χ0v) is 9.32. The number of Topliss-reactive ketones (excluding diaryl/α,β-unsaturated/α-hetero) is 1. The largest absolute Gasteiger partial charge is 0.351 e. The maximum Gasteiger partial charge on any atom is 0.235 e. The summed E-state index contributed by atoms with van der Waals surface area (Å²) in [4.78, 5) is 10.6. The molecule has 0 aliphatic heterocycles. The lowest BCUT2D eigenvalue weighted by atomic mass is 10.3. The first-order valence-corrected chi connectivity index (χ1v) is 4.97. The number of hydrogen-bond acceptors (Lipinski definition) is 4. The first-order chi connectivity index (χ1) is 7.10. The van der Waals surface area contributed by atoms with Gasteiger partial charge in [-0.25, -0.2) is 0 Å². The number of ketones is 1. The number of rotatable bonds is 8. The molecule has 0 heterocycles. The molecule has 2 N–H and O–H groups in total. The van der Waals surface area contributed by atoms with E-state index in [1.54, 1.807) is 12.2 Å². The standard InChI is InChI=1S/C11H19NO3/c1-4-6-10(5-2)12-11(14)15-8-7-9(3)13/h4,6,11-12,14H,1,5,7-8H2,2-3H3/b10-6+. The molecule has 0 aromatic rings. The zero-order valence-electron chi connectivity index (χ0n) is 9.32. The van der Waals surface area contributed by atoms with Crippen LogP contribution in [0.25, 0.3) is 0 Å². The van der Waals surface area contributed by atoms with Crippen LogP contribution in [0.15, 0.2) is 24.4 Å². The van der Waals surface area contributed by atoms with Gasteiger partial charge in [0.1, 0.15) is 5.78 Å². The lowest BCUT2D eigenvalue weighted by molar-refractivity contribution is -0.128. The van der Waals surface area contributed by atoms with Crippen molar-refractivity contribution < 1.29 is 14.6 Å². The fourth-order valence-corrected chi connectivity index (χ4v) is 0.925. The topological polar surface area (TPSA) is 58.6 Å². The third-order valence-electron chi connectivity index (χ3n) is 1.74. The lowest BCUT2D eigenvalue weighted by Gasteiger charge is -2.15. The van der Waals surface area contributed by atoms with Crippen LogP contribution in [0, 0.1) is 0 Å². The molecule has 1 atom stereocenters. The Morgan fingerprint density at radius 2 is 2.33 bits per heavy atom. The maximum atomic E-state index is 10.6. The third-order valence-corrected chi connectivity index (χ3v) is 1.74. The van der Waals surface area contributed by atoms with Crippen molar-refractivity contribution in [2.45, 2.75) is 33.1 Å². The predicted molar refractivity (Wildman–Crippen MR) is 59.0 cm³/mol. The van der Waals surface area contributed by atoms with Crippen molar-refractivity contribution in [1.82, 2.24) is 5.32 Å². The highest BCUT2D eigenvalue weighted by atomic mass is 16.6. The van der Waals surface area contributed by atoms with E-state index in [-0.39, 0.29) is 12.4 Å². The van der Waals surface area contributed by atoms with Crippen molar-refractivity contribution in [3.8, 4) is 0 Å². The molecule has 0 rings (SSSR count). The Labute approximate surface area is 90.6 Å². The molecule has 86 valence electrons. The first-order valence-electron chi connectivity index (χ1n) is 4.97. The summed E-state index contributed by atoms with van der Waals surface area (Å²) in [5.74, 6) is 0.0412. The van der Waals surface area contributed by atoms with E-state index in [1.807, 2.05) is 6.92 Å². The summed E-state index contributed by atoms with van der Waals surface area (Å²) in [7, 11) is 0. The van der Waals surface area contributed by atoms with Crippen molar-refractivity contribution in [2.24, 2.45) is 0 Å². The van der Waals surface area contributed by atoms with Gasteiger partial charge in [-0.1, -0.05) is 19.6 Å². The number of ether oxygens (including phenoxy) is 1. The minimum absolute atomic E-state index is 0.0412. The van der Waals surface area contributed by atoms with Gasteiger partial charge in [0.05, 0.1) is 6.61 Å². The molecule has 0 bridgehead atoms. The summed E-state index contributed by atoms with van der Waals surface area (Å²) >= 11 is 0. The molecule has 4 heteroatoms. The van der Waals surface area contributed by atoms with Crippen LogP contribution in [0.2, 0.25) is 0 Å². The summed E-state index contributed by atoms with van der Waals surface area (Å²) in [5.41, 5.74) is 0.834. The van der Waals surface area contributed by atoms with Crippen molar-refractivity contribution in [1.29, 1.82) is 0 Å². The number of carbonyl (C=O) groups excluding carboxylic acids is 1. The second-order valence-electron chi connectivity index (χ2n) is 3.10. The number of nitrogens with one attached hydrogen (secondary N) is 1. The van der Waals surface area contributed by atoms with Crippen LogP contribution in [-0.4, -0.2) is 23.9 Å². The fraction of sp³-hybridized carbons (Fsp3) is 0.545. The summed E-state index contributed by atoms with van der Waals surface area (Å²) in [6.07, 6.45) is 3.38. The van der Waals surface area contributed by atoms with Gasteiger partial charge in [0.2, 0.25) is 6.41 Å². The van der Waals surface area contributed by atoms with E-state index >= 15 is 0 Å². The number of hydrogen-bond donors (Lipinski definition) is 2. The van der Waals surface area contributed by atoms with Crippen LogP contribution >= 0.6 is 0 Å². The summed E-state index contributed by atoms with van der Waals surface area (Å²) in [6.45, 7) is 7.21. The molecular formula is C11H19NO3. The minimum atomic E-state index is -1.07. The summed E-state index contributed by atoms with van der Waals surface area (Å²) in [5, 5.41) is 12.1. The molecule has 0 fully saturated rings. The first kappa shape index (κ1) is 13.9. The predicted octanol–water partition coefficient (Wildman–Crippen LogP) is 1.33. The molecule has 0 aliphatic rings. The molecular weight excluding hydrogens is 194 g/mol. The number of aliphatic hydroxyl groups excluding tert-OH is 1. The molecule has 0 radical (unpaired) electrons. The van der Waals surface area contributed by atoms with E-state index in [1.165, 1.54) is 6.92 Å². The van der Waals surface area contributed by atoms with Crippen LogP contribution in [0.5, 0.6) is 0 Å². The number of carbonyl (C=O) groups is 1. The van der Waals surface area contributed by atoms with Crippen LogP contribution < -0.4 is 5.32 Å². The highest BCUT2D eigenvalue weighted by Gasteiger charge is 2.04. The molecule has 0 spiro atoms. The van der Waals surface area contributed by atoms with Crippen LogP contribution in [0.3, 0.4) is 0 Å². The molecule has 0 amide bonds. The summed E-state index contributed by atoms with van der Waals surface area (Å²) < 4.78 is 4.98. The maximum absolute atomic E-state index is 10.6. The van der Waals surface area contributed by atoms with E-state index in [2.05, 4.69) is 11.9 Å². The van der Waals surface area contributed by atoms with Gasteiger partial charge >= 0.3 is 0 Å². The van der Waals surface area contributed by atoms with Gasteiger partial charge in [-0.15, -0.1) is 0 Å².